The van der Waals surface area contributed by atoms with Gasteiger partial charge in [0.15, 0.2) is 0 Å². The summed E-state index contributed by atoms with van der Waals surface area (Å²) < 4.78 is 0. The molecule has 0 bridgehead atoms. The summed E-state index contributed by atoms with van der Waals surface area (Å²) >= 11 is 0. The molecule has 2 heteroatoms. The Morgan fingerprint density at radius 1 is 1.17 bits per heavy atom. The molecule has 2 N–H and O–H groups in total. The van der Waals surface area contributed by atoms with Crippen LogP contribution in [0.2, 0.25) is 0 Å². The van der Waals surface area contributed by atoms with Crippen molar-refractivity contribution in [2.45, 2.75) is 57.5 Å². The lowest BCUT2D eigenvalue weighted by Crippen LogP contribution is -2.33. The first-order valence-electron chi connectivity index (χ1n) is 7.30. The molecular weight excluding hydrogens is 220 g/mol. The number of rotatable bonds is 4. The minimum absolute atomic E-state index is 0.180. The van der Waals surface area contributed by atoms with Gasteiger partial charge in [-0.1, -0.05) is 38.3 Å². The summed E-state index contributed by atoms with van der Waals surface area (Å²) in [4.78, 5) is 2.44. The number of anilines is 1. The third-order valence-corrected chi connectivity index (χ3v) is 4.29. The van der Waals surface area contributed by atoms with Crippen molar-refractivity contribution in [1.82, 2.24) is 0 Å². The Morgan fingerprint density at radius 2 is 1.78 bits per heavy atom. The van der Waals surface area contributed by atoms with E-state index >= 15 is 0 Å². The number of benzene rings is 1. The molecule has 1 fully saturated rings. The van der Waals surface area contributed by atoms with Crippen LogP contribution in [0.3, 0.4) is 0 Å². The van der Waals surface area contributed by atoms with Crippen molar-refractivity contribution in [3.05, 3.63) is 29.8 Å². The minimum Gasteiger partial charge on any atom is -0.372 e. The van der Waals surface area contributed by atoms with Crippen LogP contribution < -0.4 is 10.6 Å². The van der Waals surface area contributed by atoms with Crippen molar-refractivity contribution < 1.29 is 0 Å². The van der Waals surface area contributed by atoms with Gasteiger partial charge in [0.05, 0.1) is 0 Å². The molecule has 18 heavy (non-hydrogen) atoms. The van der Waals surface area contributed by atoms with Gasteiger partial charge in [-0.2, -0.15) is 0 Å². The molecule has 1 aromatic carbocycles. The average molecular weight is 246 g/mol. The molecule has 1 aliphatic carbocycles. The molecule has 1 atom stereocenters. The molecule has 1 aromatic rings. The molecule has 2 nitrogen and oxygen atoms in total. The van der Waals surface area contributed by atoms with Gasteiger partial charge in [0.25, 0.3) is 0 Å². The highest BCUT2D eigenvalue weighted by atomic mass is 15.1. The van der Waals surface area contributed by atoms with E-state index in [0.29, 0.717) is 0 Å². The maximum Gasteiger partial charge on any atom is 0.0366 e. The lowest BCUT2D eigenvalue weighted by atomic mass is 9.94. The van der Waals surface area contributed by atoms with Crippen LogP contribution in [0.1, 0.15) is 57.1 Å². The second-order valence-electron chi connectivity index (χ2n) is 5.51. The van der Waals surface area contributed by atoms with E-state index in [9.17, 15) is 0 Å². The summed E-state index contributed by atoms with van der Waals surface area (Å²) in [6.45, 7) is 2.13. The van der Waals surface area contributed by atoms with Crippen LogP contribution in [0.5, 0.6) is 0 Å². The van der Waals surface area contributed by atoms with Crippen molar-refractivity contribution in [1.29, 1.82) is 0 Å². The van der Waals surface area contributed by atoms with Crippen LogP contribution in [0, 0.1) is 0 Å². The average Bonchev–Trinajstić information content (AvgIpc) is 2.47. The topological polar surface area (TPSA) is 29.3 Å². The van der Waals surface area contributed by atoms with Crippen molar-refractivity contribution in [2.75, 3.05) is 11.9 Å². The number of hydrogen-bond acceptors (Lipinski definition) is 2. The maximum atomic E-state index is 6.05. The first-order valence-corrected chi connectivity index (χ1v) is 7.30. The standard InChI is InChI=1S/C16H26N2/c1-3-16(17)13-9-11-15(12-10-13)18(2)14-7-5-4-6-8-14/h9-12,14,16H,3-8,17H2,1-2H3/t16-/m0/s1. The van der Waals surface area contributed by atoms with E-state index in [1.54, 1.807) is 0 Å². The van der Waals surface area contributed by atoms with Gasteiger partial charge in [-0.25, -0.2) is 0 Å². The predicted octanol–water partition coefficient (Wildman–Crippen LogP) is 3.87. The van der Waals surface area contributed by atoms with Crippen molar-refractivity contribution in [2.24, 2.45) is 5.73 Å². The van der Waals surface area contributed by atoms with Crippen LogP contribution in [0.25, 0.3) is 0 Å². The lowest BCUT2D eigenvalue weighted by Gasteiger charge is -2.33. The van der Waals surface area contributed by atoms with E-state index in [2.05, 4.69) is 43.1 Å². The van der Waals surface area contributed by atoms with Gasteiger partial charge in [-0.15, -0.1) is 0 Å². The Labute approximate surface area is 111 Å². The van der Waals surface area contributed by atoms with E-state index in [1.807, 2.05) is 0 Å². The molecule has 1 aliphatic rings. The monoisotopic (exact) mass is 246 g/mol. The quantitative estimate of drug-likeness (QED) is 0.874. The fraction of sp³-hybridized carbons (Fsp3) is 0.625. The molecule has 0 aromatic heterocycles. The highest BCUT2D eigenvalue weighted by molar-refractivity contribution is 5.48. The largest absolute Gasteiger partial charge is 0.372 e. The van der Waals surface area contributed by atoms with Gasteiger partial charge in [0.1, 0.15) is 0 Å². The third kappa shape index (κ3) is 3.05. The Balaban J connectivity index is 2.03. The summed E-state index contributed by atoms with van der Waals surface area (Å²) in [6, 6.07) is 9.72. The second kappa shape index (κ2) is 6.24. The highest BCUT2D eigenvalue weighted by Crippen LogP contribution is 2.27. The zero-order valence-electron chi connectivity index (χ0n) is 11.7. The Kier molecular flexibility index (Phi) is 4.65. The first kappa shape index (κ1) is 13.4. The molecular formula is C16H26N2. The zero-order chi connectivity index (χ0) is 13.0. The van der Waals surface area contributed by atoms with E-state index < -0.39 is 0 Å². The molecule has 0 spiro atoms. The van der Waals surface area contributed by atoms with Crippen LogP contribution in [-0.2, 0) is 0 Å². The SMILES string of the molecule is CC[C@H](N)c1ccc(N(C)C2CCCCC2)cc1. The van der Waals surface area contributed by atoms with Gasteiger partial charge < -0.3 is 10.6 Å². The minimum atomic E-state index is 0.180. The summed E-state index contributed by atoms with van der Waals surface area (Å²) in [6.07, 6.45) is 7.85. The smallest absolute Gasteiger partial charge is 0.0366 e. The van der Waals surface area contributed by atoms with E-state index in [4.69, 9.17) is 5.73 Å². The van der Waals surface area contributed by atoms with E-state index in [1.165, 1.54) is 43.4 Å². The normalized spacial score (nSPS) is 18.6. The van der Waals surface area contributed by atoms with Crippen LogP contribution in [0.4, 0.5) is 5.69 Å². The van der Waals surface area contributed by atoms with Crippen molar-refractivity contribution >= 4 is 5.69 Å². The molecule has 0 aliphatic heterocycles. The van der Waals surface area contributed by atoms with Gasteiger partial charge >= 0.3 is 0 Å². The lowest BCUT2D eigenvalue weighted by molar-refractivity contribution is 0.427. The van der Waals surface area contributed by atoms with Crippen molar-refractivity contribution in [3.63, 3.8) is 0 Å². The summed E-state index contributed by atoms with van der Waals surface area (Å²) in [5, 5.41) is 0. The van der Waals surface area contributed by atoms with Crippen molar-refractivity contribution in [3.8, 4) is 0 Å². The fourth-order valence-corrected chi connectivity index (χ4v) is 2.87. The van der Waals surface area contributed by atoms with Crippen LogP contribution in [-0.4, -0.2) is 13.1 Å². The highest BCUT2D eigenvalue weighted by Gasteiger charge is 2.18. The van der Waals surface area contributed by atoms with Crippen LogP contribution in [0.15, 0.2) is 24.3 Å². The molecule has 1 saturated carbocycles. The second-order valence-corrected chi connectivity index (χ2v) is 5.51. The summed E-state index contributed by atoms with van der Waals surface area (Å²) in [7, 11) is 2.23. The Hall–Kier alpha value is -1.02. The molecule has 100 valence electrons. The molecule has 2 rings (SSSR count). The number of nitrogens with two attached hydrogens (primary N) is 1. The third-order valence-electron chi connectivity index (χ3n) is 4.29. The number of hydrogen-bond donors (Lipinski definition) is 1. The molecule has 0 amide bonds. The maximum absolute atomic E-state index is 6.05. The van der Waals surface area contributed by atoms with E-state index in [-0.39, 0.29) is 6.04 Å². The van der Waals surface area contributed by atoms with Crippen LogP contribution >= 0.6 is 0 Å². The predicted molar refractivity (Wildman–Crippen MR) is 78.9 cm³/mol. The number of nitrogens with zero attached hydrogens (tertiary/aromatic N) is 1. The van der Waals surface area contributed by atoms with Gasteiger partial charge in [-0.3, -0.25) is 0 Å². The van der Waals surface area contributed by atoms with Gasteiger partial charge in [0.2, 0.25) is 0 Å². The molecule has 0 heterocycles. The summed E-state index contributed by atoms with van der Waals surface area (Å²) in [5.74, 6) is 0. The summed E-state index contributed by atoms with van der Waals surface area (Å²) in [5.41, 5.74) is 8.63. The fourth-order valence-electron chi connectivity index (χ4n) is 2.87. The molecule has 0 unspecified atom stereocenters. The van der Waals surface area contributed by atoms with Gasteiger partial charge in [0, 0.05) is 24.8 Å². The zero-order valence-corrected chi connectivity index (χ0v) is 11.7. The Morgan fingerprint density at radius 3 is 2.33 bits per heavy atom. The Bertz CT molecular complexity index is 352. The first-order chi connectivity index (χ1) is 8.72. The molecule has 0 saturated heterocycles. The van der Waals surface area contributed by atoms with E-state index in [0.717, 1.165) is 12.5 Å². The molecule has 0 radical (unpaired) electrons. The van der Waals surface area contributed by atoms with Gasteiger partial charge in [-0.05, 0) is 37.0 Å².